The van der Waals surface area contributed by atoms with Crippen molar-refractivity contribution in [1.29, 1.82) is 0 Å². The lowest BCUT2D eigenvalue weighted by molar-refractivity contribution is 0.197. The number of methoxy groups -OCH3 is 1. The first-order chi connectivity index (χ1) is 10.7. The predicted molar refractivity (Wildman–Crippen MR) is 91.9 cm³/mol. The minimum atomic E-state index is 0.605. The van der Waals surface area contributed by atoms with Crippen molar-refractivity contribution in [2.75, 3.05) is 40.0 Å². The summed E-state index contributed by atoms with van der Waals surface area (Å²) in [7, 11) is 1.71. The molecule has 0 aromatic heterocycles. The lowest BCUT2D eigenvalue weighted by Crippen LogP contribution is -2.39. The van der Waals surface area contributed by atoms with Gasteiger partial charge in [0.05, 0.1) is 6.54 Å². The third-order valence-electron chi connectivity index (χ3n) is 3.17. The number of rotatable bonds is 9. The van der Waals surface area contributed by atoms with Crippen molar-refractivity contribution in [1.82, 2.24) is 10.6 Å². The maximum Gasteiger partial charge on any atom is 0.191 e. The van der Waals surface area contributed by atoms with Crippen molar-refractivity contribution in [3.8, 4) is 5.75 Å². The van der Waals surface area contributed by atoms with Crippen molar-refractivity contribution in [3.63, 3.8) is 0 Å². The molecule has 0 atom stereocenters. The standard InChI is InChI=1S/C17H29N3O2/c1-5-18-17(19-10-7-12-21-4)20-11-13-22-16-14(2)8-6-9-15(16)3/h6,8-9H,5,7,10-13H2,1-4H3,(H2,18,19,20). The van der Waals surface area contributed by atoms with Gasteiger partial charge in [-0.2, -0.15) is 0 Å². The summed E-state index contributed by atoms with van der Waals surface area (Å²) < 4.78 is 10.9. The first-order valence-corrected chi connectivity index (χ1v) is 7.89. The number of aliphatic imine (C=N–C) groups is 1. The molecule has 1 rings (SSSR count). The lowest BCUT2D eigenvalue weighted by Gasteiger charge is -2.14. The number of benzene rings is 1. The fraction of sp³-hybridized carbons (Fsp3) is 0.588. The molecule has 0 saturated carbocycles. The van der Waals surface area contributed by atoms with E-state index in [1.807, 2.05) is 6.07 Å². The summed E-state index contributed by atoms with van der Waals surface area (Å²) in [6.07, 6.45) is 0.923. The zero-order chi connectivity index (χ0) is 16.2. The van der Waals surface area contributed by atoms with Gasteiger partial charge in [0, 0.05) is 26.8 Å². The maximum absolute atomic E-state index is 5.87. The quantitative estimate of drug-likeness (QED) is 0.417. The van der Waals surface area contributed by atoms with Crippen LogP contribution in [0.25, 0.3) is 0 Å². The molecule has 0 amide bonds. The van der Waals surface area contributed by atoms with Crippen LogP contribution >= 0.6 is 0 Å². The summed E-state index contributed by atoms with van der Waals surface area (Å²) in [5, 5.41) is 6.50. The molecule has 0 aliphatic heterocycles. The largest absolute Gasteiger partial charge is 0.491 e. The minimum absolute atomic E-state index is 0.605. The number of nitrogens with one attached hydrogen (secondary N) is 2. The number of para-hydroxylation sites is 1. The van der Waals surface area contributed by atoms with Crippen LogP contribution < -0.4 is 15.4 Å². The summed E-state index contributed by atoms with van der Waals surface area (Å²) in [6, 6.07) is 6.18. The monoisotopic (exact) mass is 307 g/mol. The Morgan fingerprint density at radius 2 is 1.86 bits per heavy atom. The molecule has 0 radical (unpaired) electrons. The topological polar surface area (TPSA) is 54.9 Å². The second kappa shape index (κ2) is 10.9. The molecule has 5 nitrogen and oxygen atoms in total. The fourth-order valence-corrected chi connectivity index (χ4v) is 2.09. The zero-order valence-corrected chi connectivity index (χ0v) is 14.2. The highest BCUT2D eigenvalue weighted by Crippen LogP contribution is 2.21. The molecule has 1 aromatic rings. The first kappa shape index (κ1) is 18.3. The van der Waals surface area contributed by atoms with E-state index < -0.39 is 0 Å². The van der Waals surface area contributed by atoms with Gasteiger partial charge in [0.25, 0.3) is 0 Å². The summed E-state index contributed by atoms with van der Waals surface area (Å²) in [5.41, 5.74) is 2.33. The maximum atomic E-state index is 5.87. The van der Waals surface area contributed by atoms with E-state index in [-0.39, 0.29) is 0 Å². The van der Waals surface area contributed by atoms with E-state index in [1.165, 1.54) is 11.1 Å². The highest BCUT2D eigenvalue weighted by molar-refractivity contribution is 5.79. The Morgan fingerprint density at radius 3 is 2.50 bits per heavy atom. The summed E-state index contributed by atoms with van der Waals surface area (Å²) in [6.45, 7) is 9.83. The van der Waals surface area contributed by atoms with Crippen molar-refractivity contribution < 1.29 is 9.47 Å². The van der Waals surface area contributed by atoms with E-state index in [4.69, 9.17) is 9.47 Å². The van der Waals surface area contributed by atoms with Gasteiger partial charge in [-0.25, -0.2) is 0 Å². The number of ether oxygens (including phenoxy) is 2. The van der Waals surface area contributed by atoms with Gasteiger partial charge in [-0.05, 0) is 38.3 Å². The van der Waals surface area contributed by atoms with E-state index in [0.717, 1.165) is 37.8 Å². The Balaban J connectivity index is 2.36. The number of aryl methyl sites for hydroxylation is 2. The van der Waals surface area contributed by atoms with Crippen LogP contribution in [0, 0.1) is 13.8 Å². The van der Waals surface area contributed by atoms with Crippen LogP contribution in [0.2, 0.25) is 0 Å². The van der Waals surface area contributed by atoms with Gasteiger partial charge >= 0.3 is 0 Å². The average Bonchev–Trinajstić information content (AvgIpc) is 2.50. The predicted octanol–water partition coefficient (Wildman–Crippen LogP) is 2.27. The Kier molecular flexibility index (Phi) is 9.07. The van der Waals surface area contributed by atoms with Gasteiger partial charge in [-0.3, -0.25) is 4.99 Å². The van der Waals surface area contributed by atoms with Crippen LogP contribution in [0.5, 0.6) is 5.75 Å². The van der Waals surface area contributed by atoms with Gasteiger partial charge in [-0.15, -0.1) is 0 Å². The SMILES string of the molecule is CCNC(=NCCCOC)NCCOc1c(C)cccc1C. The number of hydrogen-bond donors (Lipinski definition) is 2. The second-order valence-electron chi connectivity index (χ2n) is 5.10. The van der Waals surface area contributed by atoms with Crippen molar-refractivity contribution in [2.24, 2.45) is 4.99 Å². The Labute approximate surface area is 134 Å². The number of guanidine groups is 1. The molecular weight excluding hydrogens is 278 g/mol. The lowest BCUT2D eigenvalue weighted by atomic mass is 10.1. The molecular formula is C17H29N3O2. The van der Waals surface area contributed by atoms with Gasteiger partial charge in [-0.1, -0.05) is 18.2 Å². The summed E-state index contributed by atoms with van der Waals surface area (Å²) in [4.78, 5) is 4.49. The second-order valence-corrected chi connectivity index (χ2v) is 5.10. The average molecular weight is 307 g/mol. The van der Waals surface area contributed by atoms with E-state index in [9.17, 15) is 0 Å². The van der Waals surface area contributed by atoms with E-state index in [0.29, 0.717) is 13.2 Å². The molecule has 0 fully saturated rings. The van der Waals surface area contributed by atoms with Crippen LogP contribution in [-0.4, -0.2) is 45.9 Å². The fourth-order valence-electron chi connectivity index (χ4n) is 2.09. The summed E-state index contributed by atoms with van der Waals surface area (Å²) in [5.74, 6) is 1.80. The van der Waals surface area contributed by atoms with Crippen molar-refractivity contribution in [2.45, 2.75) is 27.2 Å². The first-order valence-electron chi connectivity index (χ1n) is 7.89. The van der Waals surface area contributed by atoms with E-state index in [2.05, 4.69) is 48.5 Å². The van der Waals surface area contributed by atoms with Gasteiger partial charge in [0.2, 0.25) is 0 Å². The van der Waals surface area contributed by atoms with Gasteiger partial charge in [0.15, 0.2) is 5.96 Å². The Morgan fingerprint density at radius 1 is 1.14 bits per heavy atom. The zero-order valence-electron chi connectivity index (χ0n) is 14.2. The molecule has 0 bridgehead atoms. The molecule has 0 aliphatic rings. The molecule has 0 saturated heterocycles. The molecule has 1 aromatic carbocycles. The van der Waals surface area contributed by atoms with Gasteiger partial charge < -0.3 is 20.1 Å². The van der Waals surface area contributed by atoms with Gasteiger partial charge in [0.1, 0.15) is 12.4 Å². The van der Waals surface area contributed by atoms with Crippen LogP contribution in [-0.2, 0) is 4.74 Å². The molecule has 2 N–H and O–H groups in total. The highest BCUT2D eigenvalue weighted by Gasteiger charge is 2.03. The van der Waals surface area contributed by atoms with Crippen LogP contribution in [0.15, 0.2) is 23.2 Å². The molecule has 22 heavy (non-hydrogen) atoms. The van der Waals surface area contributed by atoms with E-state index >= 15 is 0 Å². The highest BCUT2D eigenvalue weighted by atomic mass is 16.5. The third-order valence-corrected chi connectivity index (χ3v) is 3.17. The molecule has 5 heteroatoms. The molecule has 0 spiro atoms. The Hall–Kier alpha value is -1.75. The van der Waals surface area contributed by atoms with E-state index in [1.54, 1.807) is 7.11 Å². The summed E-state index contributed by atoms with van der Waals surface area (Å²) >= 11 is 0. The van der Waals surface area contributed by atoms with Crippen molar-refractivity contribution in [3.05, 3.63) is 29.3 Å². The minimum Gasteiger partial charge on any atom is -0.491 e. The molecule has 0 heterocycles. The molecule has 124 valence electrons. The van der Waals surface area contributed by atoms with Crippen LogP contribution in [0.3, 0.4) is 0 Å². The third kappa shape index (κ3) is 6.80. The smallest absolute Gasteiger partial charge is 0.191 e. The number of hydrogen-bond acceptors (Lipinski definition) is 3. The molecule has 0 aliphatic carbocycles. The normalized spacial score (nSPS) is 11.4. The number of nitrogens with zero attached hydrogens (tertiary/aromatic N) is 1. The van der Waals surface area contributed by atoms with Crippen LogP contribution in [0.4, 0.5) is 0 Å². The molecule has 0 unspecified atom stereocenters. The van der Waals surface area contributed by atoms with Crippen LogP contribution in [0.1, 0.15) is 24.5 Å². The van der Waals surface area contributed by atoms with Crippen molar-refractivity contribution >= 4 is 5.96 Å². The Bertz CT molecular complexity index is 441.